The first-order chi connectivity index (χ1) is 11.6. The van der Waals surface area contributed by atoms with Gasteiger partial charge in [-0.25, -0.2) is 4.98 Å². The van der Waals surface area contributed by atoms with Gasteiger partial charge in [0.1, 0.15) is 29.5 Å². The Balaban J connectivity index is 1.62. The highest BCUT2D eigenvalue weighted by molar-refractivity contribution is 7.13. The summed E-state index contributed by atoms with van der Waals surface area (Å²) in [6.45, 7) is 1.86. The van der Waals surface area contributed by atoms with Crippen molar-refractivity contribution in [2.45, 2.75) is 13.1 Å². The van der Waals surface area contributed by atoms with E-state index in [9.17, 15) is 0 Å². The van der Waals surface area contributed by atoms with E-state index in [-0.39, 0.29) is 0 Å². The highest BCUT2D eigenvalue weighted by Crippen LogP contribution is 2.24. The number of methoxy groups -OCH3 is 1. The number of thiazole rings is 1. The fourth-order valence-corrected chi connectivity index (χ4v) is 3.53. The lowest BCUT2D eigenvalue weighted by atomic mass is 10.2. The maximum atomic E-state index is 5.94. The van der Waals surface area contributed by atoms with Crippen LogP contribution in [0.1, 0.15) is 11.3 Å². The molecule has 1 N–H and O–H groups in total. The van der Waals surface area contributed by atoms with Gasteiger partial charge in [-0.1, -0.05) is 23.7 Å². The average molecular weight is 360 g/mol. The molecule has 0 aliphatic rings. The Bertz CT molecular complexity index is 784. The van der Waals surface area contributed by atoms with Gasteiger partial charge in [0.05, 0.1) is 14.2 Å². The fraction of sp³-hybridized carbons (Fsp3) is 0.211. The zero-order valence-corrected chi connectivity index (χ0v) is 15.3. The molecule has 1 aromatic heterocycles. The van der Waals surface area contributed by atoms with Crippen LogP contribution < -0.4 is 9.64 Å². The summed E-state index contributed by atoms with van der Waals surface area (Å²) in [6, 6.07) is 16.1. The second kappa shape index (κ2) is 7.79. The number of hydrogen-bond acceptors (Lipinski definition) is 3. The van der Waals surface area contributed by atoms with Gasteiger partial charge >= 0.3 is 0 Å². The minimum atomic E-state index is 0.749. The topological polar surface area (TPSA) is 26.6 Å². The van der Waals surface area contributed by atoms with Crippen LogP contribution in [0.25, 0.3) is 10.6 Å². The molecule has 0 aliphatic heterocycles. The first-order valence-electron chi connectivity index (χ1n) is 7.78. The molecule has 0 saturated carbocycles. The van der Waals surface area contributed by atoms with Gasteiger partial charge in [-0.15, -0.1) is 11.3 Å². The number of hydrogen-bond donors (Lipinski definition) is 1. The zero-order chi connectivity index (χ0) is 16.9. The summed E-state index contributed by atoms with van der Waals surface area (Å²) in [4.78, 5) is 6.15. The zero-order valence-electron chi connectivity index (χ0n) is 13.8. The molecule has 24 heavy (non-hydrogen) atoms. The van der Waals surface area contributed by atoms with Gasteiger partial charge in [-0.2, -0.15) is 0 Å². The predicted molar refractivity (Wildman–Crippen MR) is 99.8 cm³/mol. The molecule has 124 valence electrons. The van der Waals surface area contributed by atoms with Crippen molar-refractivity contribution in [3.8, 4) is 16.3 Å². The van der Waals surface area contributed by atoms with Crippen molar-refractivity contribution in [3.05, 3.63) is 70.2 Å². The maximum absolute atomic E-state index is 5.94. The van der Waals surface area contributed by atoms with E-state index in [0.29, 0.717) is 0 Å². The molecule has 3 rings (SSSR count). The van der Waals surface area contributed by atoms with Crippen molar-refractivity contribution in [2.24, 2.45) is 0 Å². The molecule has 3 nitrogen and oxygen atoms in total. The highest BCUT2D eigenvalue weighted by atomic mass is 35.5. The summed E-state index contributed by atoms with van der Waals surface area (Å²) in [5, 5.41) is 3.93. The lowest BCUT2D eigenvalue weighted by Gasteiger charge is -2.13. The SMILES string of the molecule is COc1ccc(C[NH+](C)Cc2csc(-c3ccc(Cl)cc3)n2)cc1. The fourth-order valence-electron chi connectivity index (χ4n) is 2.58. The van der Waals surface area contributed by atoms with Crippen molar-refractivity contribution in [1.82, 2.24) is 4.98 Å². The van der Waals surface area contributed by atoms with E-state index >= 15 is 0 Å². The Morgan fingerprint density at radius 3 is 2.42 bits per heavy atom. The molecule has 1 atom stereocenters. The van der Waals surface area contributed by atoms with Gasteiger partial charge in [-0.05, 0) is 36.4 Å². The van der Waals surface area contributed by atoms with E-state index in [2.05, 4.69) is 24.6 Å². The van der Waals surface area contributed by atoms with E-state index in [1.165, 1.54) is 10.5 Å². The predicted octanol–water partition coefficient (Wildman–Crippen LogP) is 3.69. The first-order valence-corrected chi connectivity index (χ1v) is 9.04. The number of benzene rings is 2. The second-order valence-corrected chi connectivity index (χ2v) is 7.10. The third-order valence-corrected chi connectivity index (χ3v) is 4.98. The number of ether oxygens (including phenoxy) is 1. The molecule has 0 amide bonds. The van der Waals surface area contributed by atoms with Gasteiger partial charge in [0.15, 0.2) is 0 Å². The Morgan fingerprint density at radius 2 is 1.75 bits per heavy atom. The van der Waals surface area contributed by atoms with Crippen LogP contribution in [0.5, 0.6) is 5.75 Å². The summed E-state index contributed by atoms with van der Waals surface area (Å²) >= 11 is 7.62. The standard InChI is InChI=1S/C19H19ClN2OS/c1-22(11-14-3-9-18(23-2)10-4-14)12-17-13-24-19(21-17)15-5-7-16(20)8-6-15/h3-10,13H,11-12H2,1-2H3/p+1. The number of rotatable bonds is 6. The molecule has 0 aliphatic carbocycles. The molecule has 3 aromatic rings. The number of quaternary nitrogens is 1. The molecule has 2 aromatic carbocycles. The van der Waals surface area contributed by atoms with E-state index in [1.807, 2.05) is 36.4 Å². The van der Waals surface area contributed by atoms with Crippen LogP contribution in [0, 0.1) is 0 Å². The minimum Gasteiger partial charge on any atom is -0.497 e. The summed E-state index contributed by atoms with van der Waals surface area (Å²) < 4.78 is 5.20. The molecule has 1 unspecified atom stereocenters. The molecule has 5 heteroatoms. The Kier molecular flexibility index (Phi) is 5.51. The Hall–Kier alpha value is -1.88. The lowest BCUT2D eigenvalue weighted by molar-refractivity contribution is -0.908. The van der Waals surface area contributed by atoms with Crippen LogP contribution in [0.4, 0.5) is 0 Å². The summed E-state index contributed by atoms with van der Waals surface area (Å²) in [7, 11) is 3.87. The molecular weight excluding hydrogens is 340 g/mol. The van der Waals surface area contributed by atoms with Gasteiger partial charge in [0.25, 0.3) is 0 Å². The summed E-state index contributed by atoms with van der Waals surface area (Å²) in [5.74, 6) is 0.892. The summed E-state index contributed by atoms with van der Waals surface area (Å²) in [6.07, 6.45) is 0. The molecule has 0 radical (unpaired) electrons. The molecule has 0 saturated heterocycles. The minimum absolute atomic E-state index is 0.749. The molecule has 1 heterocycles. The second-order valence-electron chi connectivity index (χ2n) is 5.81. The van der Waals surface area contributed by atoms with Crippen LogP contribution in [-0.4, -0.2) is 19.1 Å². The summed E-state index contributed by atoms with van der Waals surface area (Å²) in [5.41, 5.74) is 3.53. The number of aromatic nitrogens is 1. The molecule has 0 fully saturated rings. The monoisotopic (exact) mass is 359 g/mol. The van der Waals surface area contributed by atoms with Crippen molar-refractivity contribution in [2.75, 3.05) is 14.2 Å². The first kappa shape index (κ1) is 17.0. The highest BCUT2D eigenvalue weighted by Gasteiger charge is 2.10. The number of nitrogens with zero attached hydrogens (tertiary/aromatic N) is 1. The van der Waals surface area contributed by atoms with Crippen LogP contribution >= 0.6 is 22.9 Å². The van der Waals surface area contributed by atoms with Gasteiger partial charge in [-0.3, -0.25) is 0 Å². The average Bonchev–Trinajstić information content (AvgIpc) is 3.04. The van der Waals surface area contributed by atoms with Gasteiger partial charge < -0.3 is 9.64 Å². The van der Waals surface area contributed by atoms with Crippen molar-refractivity contribution >= 4 is 22.9 Å². The number of halogens is 1. The largest absolute Gasteiger partial charge is 0.497 e. The third-order valence-electron chi connectivity index (χ3n) is 3.79. The van der Waals surface area contributed by atoms with E-state index in [1.54, 1.807) is 18.4 Å². The normalized spacial score (nSPS) is 12.1. The van der Waals surface area contributed by atoms with Crippen LogP contribution in [-0.2, 0) is 13.1 Å². The molecular formula is C19H20ClN2OS+. The van der Waals surface area contributed by atoms with E-state index in [4.69, 9.17) is 21.3 Å². The Labute approximate surface area is 151 Å². The molecule has 0 bridgehead atoms. The van der Waals surface area contributed by atoms with Gasteiger partial charge in [0.2, 0.25) is 0 Å². The van der Waals surface area contributed by atoms with Crippen molar-refractivity contribution in [3.63, 3.8) is 0 Å². The smallest absolute Gasteiger partial charge is 0.123 e. The lowest BCUT2D eigenvalue weighted by Crippen LogP contribution is -3.06. The van der Waals surface area contributed by atoms with Crippen molar-refractivity contribution < 1.29 is 9.64 Å². The van der Waals surface area contributed by atoms with Crippen LogP contribution in [0.3, 0.4) is 0 Å². The van der Waals surface area contributed by atoms with E-state index < -0.39 is 0 Å². The van der Waals surface area contributed by atoms with Crippen molar-refractivity contribution in [1.29, 1.82) is 0 Å². The van der Waals surface area contributed by atoms with Crippen LogP contribution in [0.2, 0.25) is 5.02 Å². The Morgan fingerprint density at radius 1 is 1.04 bits per heavy atom. The maximum Gasteiger partial charge on any atom is 0.123 e. The number of nitrogens with one attached hydrogen (secondary N) is 1. The van der Waals surface area contributed by atoms with E-state index in [0.717, 1.165) is 40.1 Å². The third kappa shape index (κ3) is 4.35. The quantitative estimate of drug-likeness (QED) is 0.726. The van der Waals surface area contributed by atoms with Crippen LogP contribution in [0.15, 0.2) is 53.9 Å². The molecule has 0 spiro atoms. The van der Waals surface area contributed by atoms with Gasteiger partial charge in [0, 0.05) is 21.5 Å².